The fourth-order valence-corrected chi connectivity index (χ4v) is 2.46. The largest absolute Gasteiger partial charge is 0.378 e. The molecule has 0 saturated carbocycles. The topological polar surface area (TPSA) is 59.4 Å². The Bertz CT molecular complexity index is 444. The number of rotatable bonds is 5. The van der Waals surface area contributed by atoms with Crippen LogP contribution in [0.15, 0.2) is 12.4 Å². The fourth-order valence-electron chi connectivity index (χ4n) is 2.46. The molecule has 0 spiro atoms. The van der Waals surface area contributed by atoms with E-state index in [1.807, 2.05) is 36.6 Å². The number of aryl methyl sites for hydroxylation is 1. The molecular weight excluding hydrogens is 256 g/mol. The van der Waals surface area contributed by atoms with Crippen LogP contribution in [0.3, 0.4) is 0 Å². The van der Waals surface area contributed by atoms with Crippen molar-refractivity contribution in [2.45, 2.75) is 32.4 Å². The average Bonchev–Trinajstić information content (AvgIpc) is 2.84. The summed E-state index contributed by atoms with van der Waals surface area (Å²) in [5.74, 6) is 1.07. The normalized spacial score (nSPS) is 19.6. The molecule has 0 radical (unpaired) electrons. The van der Waals surface area contributed by atoms with Crippen molar-refractivity contribution in [3.63, 3.8) is 0 Å². The van der Waals surface area contributed by atoms with Gasteiger partial charge in [0, 0.05) is 39.1 Å². The number of carbonyl (C=O) groups excluding carboxylic acids is 1. The van der Waals surface area contributed by atoms with Gasteiger partial charge in [-0.05, 0) is 13.8 Å². The second-order valence-corrected chi connectivity index (χ2v) is 5.37. The first-order chi connectivity index (χ1) is 9.59. The molecule has 6 heteroatoms. The molecule has 2 rings (SSSR count). The summed E-state index contributed by atoms with van der Waals surface area (Å²) in [6.07, 6.45) is 4.28. The van der Waals surface area contributed by atoms with Gasteiger partial charge in [-0.25, -0.2) is 4.98 Å². The van der Waals surface area contributed by atoms with E-state index in [4.69, 9.17) is 4.74 Å². The minimum Gasteiger partial charge on any atom is -0.378 e. The van der Waals surface area contributed by atoms with Crippen molar-refractivity contribution in [1.82, 2.24) is 19.8 Å². The lowest BCUT2D eigenvalue weighted by Gasteiger charge is -2.35. The van der Waals surface area contributed by atoms with E-state index in [1.165, 1.54) is 0 Å². The SMILES string of the molecule is CC(C)OCCC(=O)N1CCNCC1c1nccn1C. The molecule has 1 saturated heterocycles. The lowest BCUT2D eigenvalue weighted by Crippen LogP contribution is -2.49. The Morgan fingerprint density at radius 3 is 3.05 bits per heavy atom. The van der Waals surface area contributed by atoms with Gasteiger partial charge < -0.3 is 19.5 Å². The van der Waals surface area contributed by atoms with Gasteiger partial charge in [-0.15, -0.1) is 0 Å². The molecular formula is C14H24N4O2. The molecule has 1 atom stereocenters. The Hall–Kier alpha value is -1.40. The summed E-state index contributed by atoms with van der Waals surface area (Å²) in [6.45, 7) is 6.74. The lowest BCUT2D eigenvalue weighted by molar-refractivity contribution is -0.136. The quantitative estimate of drug-likeness (QED) is 0.863. The summed E-state index contributed by atoms with van der Waals surface area (Å²) >= 11 is 0. The van der Waals surface area contributed by atoms with Gasteiger partial charge in [0.25, 0.3) is 0 Å². The van der Waals surface area contributed by atoms with Gasteiger partial charge in [-0.2, -0.15) is 0 Å². The summed E-state index contributed by atoms with van der Waals surface area (Å²) in [7, 11) is 1.96. The Morgan fingerprint density at radius 2 is 2.40 bits per heavy atom. The lowest BCUT2D eigenvalue weighted by atomic mass is 10.1. The number of imidazole rings is 1. The minimum absolute atomic E-state index is 0.00954. The van der Waals surface area contributed by atoms with Gasteiger partial charge in [0.05, 0.1) is 19.1 Å². The summed E-state index contributed by atoms with van der Waals surface area (Å²) < 4.78 is 7.44. The number of nitrogens with one attached hydrogen (secondary N) is 1. The van der Waals surface area contributed by atoms with Crippen molar-refractivity contribution in [2.24, 2.45) is 7.05 Å². The molecule has 1 amide bonds. The van der Waals surface area contributed by atoms with E-state index in [0.717, 1.165) is 25.5 Å². The van der Waals surface area contributed by atoms with E-state index in [1.54, 1.807) is 6.20 Å². The van der Waals surface area contributed by atoms with Crippen LogP contribution < -0.4 is 5.32 Å². The maximum Gasteiger partial charge on any atom is 0.225 e. The summed E-state index contributed by atoms with van der Waals surface area (Å²) in [6, 6.07) is 0.00954. The van der Waals surface area contributed by atoms with Crippen LogP contribution in [0.2, 0.25) is 0 Å². The molecule has 20 heavy (non-hydrogen) atoms. The van der Waals surface area contributed by atoms with E-state index in [2.05, 4.69) is 10.3 Å². The van der Waals surface area contributed by atoms with Crippen LogP contribution >= 0.6 is 0 Å². The van der Waals surface area contributed by atoms with Crippen LogP contribution in [0.4, 0.5) is 0 Å². The standard InChI is InChI=1S/C14H24N4O2/c1-11(2)20-9-4-13(19)18-8-5-15-10-12(18)14-16-6-7-17(14)3/h6-7,11-12,15H,4-5,8-10H2,1-3H3. The smallest absolute Gasteiger partial charge is 0.225 e. The summed E-state index contributed by atoms with van der Waals surface area (Å²) in [5.41, 5.74) is 0. The Kier molecular flexibility index (Phi) is 5.14. The average molecular weight is 280 g/mol. The van der Waals surface area contributed by atoms with Crippen molar-refractivity contribution in [2.75, 3.05) is 26.2 Å². The number of piperazine rings is 1. The van der Waals surface area contributed by atoms with E-state index < -0.39 is 0 Å². The zero-order valence-corrected chi connectivity index (χ0v) is 12.5. The predicted octanol–water partition coefficient (Wildman–Crippen LogP) is 0.708. The van der Waals surface area contributed by atoms with Crippen molar-refractivity contribution in [1.29, 1.82) is 0 Å². The molecule has 2 heterocycles. The maximum atomic E-state index is 12.4. The highest BCUT2D eigenvalue weighted by atomic mass is 16.5. The number of carbonyl (C=O) groups is 1. The molecule has 1 aromatic rings. The van der Waals surface area contributed by atoms with Crippen LogP contribution in [0, 0.1) is 0 Å². The van der Waals surface area contributed by atoms with Crippen LogP contribution in [0.1, 0.15) is 32.1 Å². The highest BCUT2D eigenvalue weighted by Crippen LogP contribution is 2.21. The number of aromatic nitrogens is 2. The Balaban J connectivity index is 2.00. The Labute approximate surface area is 120 Å². The van der Waals surface area contributed by atoms with Gasteiger partial charge >= 0.3 is 0 Å². The molecule has 6 nitrogen and oxygen atoms in total. The van der Waals surface area contributed by atoms with E-state index in [-0.39, 0.29) is 18.1 Å². The Morgan fingerprint density at radius 1 is 1.60 bits per heavy atom. The zero-order valence-electron chi connectivity index (χ0n) is 12.5. The van der Waals surface area contributed by atoms with Crippen molar-refractivity contribution in [3.05, 3.63) is 18.2 Å². The zero-order chi connectivity index (χ0) is 14.5. The monoisotopic (exact) mass is 280 g/mol. The molecule has 0 aromatic carbocycles. The van der Waals surface area contributed by atoms with Gasteiger partial charge in [0.2, 0.25) is 5.91 Å². The molecule has 1 N–H and O–H groups in total. The highest BCUT2D eigenvalue weighted by molar-refractivity contribution is 5.76. The van der Waals surface area contributed by atoms with Crippen molar-refractivity contribution >= 4 is 5.91 Å². The number of ether oxygens (including phenoxy) is 1. The number of nitrogens with zero attached hydrogens (tertiary/aromatic N) is 3. The third kappa shape index (κ3) is 3.58. The van der Waals surface area contributed by atoms with Crippen molar-refractivity contribution < 1.29 is 9.53 Å². The van der Waals surface area contributed by atoms with E-state index >= 15 is 0 Å². The van der Waals surface area contributed by atoms with Gasteiger partial charge in [-0.1, -0.05) is 0 Å². The molecule has 1 aliphatic heterocycles. The fraction of sp³-hybridized carbons (Fsp3) is 0.714. The minimum atomic E-state index is 0.00954. The number of hydrogen-bond acceptors (Lipinski definition) is 4. The maximum absolute atomic E-state index is 12.4. The molecule has 1 fully saturated rings. The first kappa shape index (κ1) is 15.0. The van der Waals surface area contributed by atoms with E-state index in [0.29, 0.717) is 13.0 Å². The molecule has 1 unspecified atom stereocenters. The molecule has 0 bridgehead atoms. The van der Waals surface area contributed by atoms with Crippen LogP contribution in [0.5, 0.6) is 0 Å². The predicted molar refractivity (Wildman–Crippen MR) is 76.2 cm³/mol. The van der Waals surface area contributed by atoms with Crippen LogP contribution in [-0.2, 0) is 16.6 Å². The highest BCUT2D eigenvalue weighted by Gasteiger charge is 2.29. The summed E-state index contributed by atoms with van der Waals surface area (Å²) in [4.78, 5) is 18.7. The van der Waals surface area contributed by atoms with E-state index in [9.17, 15) is 4.79 Å². The van der Waals surface area contributed by atoms with Crippen LogP contribution in [-0.4, -0.2) is 52.7 Å². The van der Waals surface area contributed by atoms with Gasteiger partial charge in [0.1, 0.15) is 11.9 Å². The first-order valence-electron chi connectivity index (χ1n) is 7.18. The molecule has 1 aromatic heterocycles. The first-order valence-corrected chi connectivity index (χ1v) is 7.18. The second kappa shape index (κ2) is 6.85. The molecule has 112 valence electrons. The summed E-state index contributed by atoms with van der Waals surface area (Å²) in [5, 5.41) is 3.33. The van der Waals surface area contributed by atoms with Gasteiger partial charge in [-0.3, -0.25) is 4.79 Å². The number of hydrogen-bond donors (Lipinski definition) is 1. The van der Waals surface area contributed by atoms with Crippen molar-refractivity contribution in [3.8, 4) is 0 Å². The van der Waals surface area contributed by atoms with Gasteiger partial charge in [0.15, 0.2) is 0 Å². The van der Waals surface area contributed by atoms with Crippen LogP contribution in [0.25, 0.3) is 0 Å². The number of amides is 1. The molecule has 0 aliphatic carbocycles. The second-order valence-electron chi connectivity index (χ2n) is 5.37. The third-order valence-electron chi connectivity index (χ3n) is 3.49. The third-order valence-corrected chi connectivity index (χ3v) is 3.49. The molecule has 1 aliphatic rings.